The van der Waals surface area contributed by atoms with Crippen LogP contribution in [0.3, 0.4) is 0 Å². The number of rotatable bonds is 6. The summed E-state index contributed by atoms with van der Waals surface area (Å²) in [7, 11) is 0. The summed E-state index contributed by atoms with van der Waals surface area (Å²) in [5, 5.41) is 6.50. The van der Waals surface area contributed by atoms with Crippen LogP contribution in [-0.2, 0) is 4.79 Å². The first-order valence-corrected chi connectivity index (χ1v) is 10.4. The van der Waals surface area contributed by atoms with Crippen molar-refractivity contribution in [2.75, 3.05) is 10.6 Å². The van der Waals surface area contributed by atoms with Gasteiger partial charge in [0.05, 0.1) is 5.25 Å². The number of carbonyl (C=O) groups excluding carboxylic acids is 2. The minimum atomic E-state index is -0.329. The molecule has 0 aromatic heterocycles. The van der Waals surface area contributed by atoms with Gasteiger partial charge in [-0.3, -0.25) is 9.59 Å². The van der Waals surface area contributed by atoms with Crippen LogP contribution in [0.15, 0.2) is 77.7 Å². The second kappa shape index (κ2) is 9.83. The number of nitrogens with one attached hydrogen (secondary N) is 2. The molecule has 0 aliphatic heterocycles. The lowest BCUT2D eigenvalue weighted by atomic mass is 10.2. The van der Waals surface area contributed by atoms with E-state index in [9.17, 15) is 9.59 Å². The number of hydrogen-bond acceptors (Lipinski definition) is 3. The van der Waals surface area contributed by atoms with Crippen LogP contribution in [0, 0.1) is 0 Å². The van der Waals surface area contributed by atoms with Crippen molar-refractivity contribution in [3.63, 3.8) is 0 Å². The van der Waals surface area contributed by atoms with Crippen LogP contribution in [0.25, 0.3) is 0 Å². The fourth-order valence-corrected chi connectivity index (χ4v) is 3.76. The maximum atomic E-state index is 12.4. The summed E-state index contributed by atoms with van der Waals surface area (Å²) >= 11 is 13.2. The van der Waals surface area contributed by atoms with Crippen molar-refractivity contribution >= 4 is 58.2 Å². The minimum absolute atomic E-state index is 0.120. The smallest absolute Gasteiger partial charge is 0.255 e. The molecule has 2 amide bonds. The summed E-state index contributed by atoms with van der Waals surface area (Å²) in [6.45, 7) is 1.83. The molecule has 3 rings (SSSR count). The SMILES string of the molecule is CC(Sc1cccc(NC(=O)c2cccc(Cl)c2)c1)C(=O)Nc1ccc(Cl)cc1. The average Bonchev–Trinajstić information content (AvgIpc) is 2.70. The third kappa shape index (κ3) is 6.26. The topological polar surface area (TPSA) is 58.2 Å². The molecule has 148 valence electrons. The van der Waals surface area contributed by atoms with Crippen LogP contribution >= 0.6 is 35.0 Å². The fourth-order valence-electron chi connectivity index (χ4n) is 2.51. The number of amides is 2. The molecule has 29 heavy (non-hydrogen) atoms. The van der Waals surface area contributed by atoms with E-state index < -0.39 is 0 Å². The zero-order valence-corrected chi connectivity index (χ0v) is 17.8. The molecule has 3 aromatic carbocycles. The standard InChI is InChI=1S/C22H18Cl2N2O2S/c1-14(21(27)25-18-10-8-16(23)9-11-18)29-20-7-3-6-19(13-20)26-22(28)15-4-2-5-17(24)12-15/h2-14H,1H3,(H,25,27)(H,26,28). The Morgan fingerprint density at radius 1 is 0.828 bits per heavy atom. The molecule has 1 unspecified atom stereocenters. The number of thioether (sulfide) groups is 1. The Kier molecular flexibility index (Phi) is 7.20. The van der Waals surface area contributed by atoms with Crippen LogP contribution in [0.1, 0.15) is 17.3 Å². The van der Waals surface area contributed by atoms with Crippen LogP contribution < -0.4 is 10.6 Å². The quantitative estimate of drug-likeness (QED) is 0.434. The number of halogens is 2. The zero-order valence-electron chi connectivity index (χ0n) is 15.5. The van der Waals surface area contributed by atoms with E-state index in [1.165, 1.54) is 11.8 Å². The van der Waals surface area contributed by atoms with Crippen molar-refractivity contribution in [2.24, 2.45) is 0 Å². The third-order valence-electron chi connectivity index (χ3n) is 3.97. The molecular weight excluding hydrogens is 427 g/mol. The zero-order chi connectivity index (χ0) is 20.8. The number of hydrogen-bond donors (Lipinski definition) is 2. The van der Waals surface area contributed by atoms with Gasteiger partial charge in [0.2, 0.25) is 5.91 Å². The van der Waals surface area contributed by atoms with Gasteiger partial charge in [-0.1, -0.05) is 35.3 Å². The molecule has 3 aromatic rings. The fraction of sp³-hybridized carbons (Fsp3) is 0.0909. The monoisotopic (exact) mass is 444 g/mol. The van der Waals surface area contributed by atoms with E-state index in [0.29, 0.717) is 27.0 Å². The Morgan fingerprint density at radius 3 is 2.28 bits per heavy atom. The van der Waals surface area contributed by atoms with Crippen molar-refractivity contribution in [3.8, 4) is 0 Å². The predicted molar refractivity (Wildman–Crippen MR) is 121 cm³/mol. The van der Waals surface area contributed by atoms with Gasteiger partial charge in [-0.25, -0.2) is 0 Å². The van der Waals surface area contributed by atoms with Gasteiger partial charge in [0, 0.05) is 31.9 Å². The van der Waals surface area contributed by atoms with E-state index in [-0.39, 0.29) is 17.1 Å². The summed E-state index contributed by atoms with van der Waals surface area (Å²) in [5.41, 5.74) is 1.81. The molecule has 0 saturated carbocycles. The molecule has 0 fully saturated rings. The summed E-state index contributed by atoms with van der Waals surface area (Å²) in [6.07, 6.45) is 0. The van der Waals surface area contributed by atoms with E-state index in [2.05, 4.69) is 10.6 Å². The molecule has 2 N–H and O–H groups in total. The van der Waals surface area contributed by atoms with Gasteiger partial charge < -0.3 is 10.6 Å². The summed E-state index contributed by atoms with van der Waals surface area (Å²) in [5.74, 6) is -0.367. The second-order valence-electron chi connectivity index (χ2n) is 6.25. The van der Waals surface area contributed by atoms with Gasteiger partial charge in [-0.2, -0.15) is 0 Å². The number of carbonyl (C=O) groups is 2. The lowest BCUT2D eigenvalue weighted by Gasteiger charge is -2.13. The highest BCUT2D eigenvalue weighted by molar-refractivity contribution is 8.00. The highest BCUT2D eigenvalue weighted by Crippen LogP contribution is 2.27. The summed E-state index contributed by atoms with van der Waals surface area (Å²) < 4.78 is 0. The highest BCUT2D eigenvalue weighted by atomic mass is 35.5. The predicted octanol–water partition coefficient (Wildman–Crippen LogP) is 6.37. The Hall–Kier alpha value is -2.47. The van der Waals surface area contributed by atoms with E-state index in [1.807, 2.05) is 25.1 Å². The molecule has 0 heterocycles. The number of benzene rings is 3. The molecule has 4 nitrogen and oxygen atoms in total. The Bertz CT molecular complexity index is 1030. The highest BCUT2D eigenvalue weighted by Gasteiger charge is 2.15. The van der Waals surface area contributed by atoms with Crippen LogP contribution in [0.5, 0.6) is 0 Å². The van der Waals surface area contributed by atoms with Gasteiger partial charge in [0.1, 0.15) is 0 Å². The molecule has 0 aliphatic rings. The van der Waals surface area contributed by atoms with Gasteiger partial charge in [-0.05, 0) is 67.6 Å². The molecule has 0 saturated heterocycles. The molecule has 7 heteroatoms. The summed E-state index contributed by atoms with van der Waals surface area (Å²) in [6, 6.07) is 21.1. The van der Waals surface area contributed by atoms with Crippen LogP contribution in [0.2, 0.25) is 10.0 Å². The van der Waals surface area contributed by atoms with Crippen LogP contribution in [0.4, 0.5) is 11.4 Å². The molecular formula is C22H18Cl2N2O2S. The van der Waals surface area contributed by atoms with E-state index in [0.717, 1.165) is 4.90 Å². The molecule has 0 aliphatic carbocycles. The first-order valence-electron chi connectivity index (χ1n) is 8.81. The molecule has 0 spiro atoms. The van der Waals surface area contributed by atoms with E-state index in [4.69, 9.17) is 23.2 Å². The van der Waals surface area contributed by atoms with Gasteiger partial charge in [-0.15, -0.1) is 11.8 Å². The molecule has 0 radical (unpaired) electrons. The Balaban J connectivity index is 1.62. The lowest BCUT2D eigenvalue weighted by Crippen LogP contribution is -2.22. The van der Waals surface area contributed by atoms with Crippen molar-refractivity contribution in [1.29, 1.82) is 0 Å². The minimum Gasteiger partial charge on any atom is -0.325 e. The summed E-state index contributed by atoms with van der Waals surface area (Å²) in [4.78, 5) is 25.7. The van der Waals surface area contributed by atoms with Crippen molar-refractivity contribution in [1.82, 2.24) is 0 Å². The maximum Gasteiger partial charge on any atom is 0.255 e. The Labute approximate surface area is 183 Å². The van der Waals surface area contributed by atoms with Gasteiger partial charge in [0.15, 0.2) is 0 Å². The maximum absolute atomic E-state index is 12.4. The second-order valence-corrected chi connectivity index (χ2v) is 8.54. The van der Waals surface area contributed by atoms with Crippen molar-refractivity contribution in [3.05, 3.63) is 88.4 Å². The largest absolute Gasteiger partial charge is 0.325 e. The van der Waals surface area contributed by atoms with E-state index in [1.54, 1.807) is 54.6 Å². The number of anilines is 2. The van der Waals surface area contributed by atoms with Gasteiger partial charge in [0.25, 0.3) is 5.91 Å². The van der Waals surface area contributed by atoms with Gasteiger partial charge >= 0.3 is 0 Å². The normalized spacial score (nSPS) is 11.6. The molecule has 0 bridgehead atoms. The van der Waals surface area contributed by atoms with Crippen LogP contribution in [-0.4, -0.2) is 17.1 Å². The lowest BCUT2D eigenvalue weighted by molar-refractivity contribution is -0.115. The molecule has 1 atom stereocenters. The first-order chi connectivity index (χ1) is 13.9. The van der Waals surface area contributed by atoms with E-state index >= 15 is 0 Å². The Morgan fingerprint density at radius 2 is 1.55 bits per heavy atom. The van der Waals surface area contributed by atoms with Crippen molar-refractivity contribution in [2.45, 2.75) is 17.1 Å². The third-order valence-corrected chi connectivity index (χ3v) is 5.55. The first kappa shape index (κ1) is 21.2. The average molecular weight is 445 g/mol. The van der Waals surface area contributed by atoms with Crippen molar-refractivity contribution < 1.29 is 9.59 Å².